The summed E-state index contributed by atoms with van der Waals surface area (Å²) >= 11 is 10.0. The average molecular weight is 489 g/mol. The number of aromatic nitrogens is 4. The number of nitrogens with two attached hydrogens (primary N) is 1. The molecule has 5 rings (SSSR count). The third-order valence-electron chi connectivity index (χ3n) is 5.53. The Kier molecular flexibility index (Phi) is 4.80. The highest BCUT2D eigenvalue weighted by atomic mass is 79.9. The van der Waals surface area contributed by atoms with Gasteiger partial charge >= 0.3 is 0 Å². The number of nitrogens with zero attached hydrogens (tertiary/aromatic N) is 3. The molecule has 4 aromatic rings. The van der Waals surface area contributed by atoms with Crippen molar-refractivity contribution in [2.24, 2.45) is 0 Å². The molecule has 3 N–H and O–H groups in total. The second kappa shape index (κ2) is 7.37. The molecular formula is C21H19BrClN5O2. The largest absolute Gasteiger partial charge is 0.394 e. The van der Waals surface area contributed by atoms with E-state index in [9.17, 15) is 4.79 Å². The topological polar surface area (TPSA) is 98.8 Å². The van der Waals surface area contributed by atoms with Crippen LogP contribution in [0.4, 0.5) is 5.69 Å². The van der Waals surface area contributed by atoms with Crippen molar-refractivity contribution in [2.75, 3.05) is 12.3 Å². The van der Waals surface area contributed by atoms with Crippen LogP contribution < -0.4 is 11.3 Å². The first-order valence-electron chi connectivity index (χ1n) is 9.72. The van der Waals surface area contributed by atoms with E-state index in [1.807, 2.05) is 29.9 Å². The SMILES string of the molecule is Cc1nc2[nH]c(=O)c(N)c(-c3ccc(Cl)c4nn(C5CCCCO5)cc34)c2cc1Br. The monoisotopic (exact) mass is 487 g/mol. The maximum Gasteiger partial charge on any atom is 0.273 e. The first-order chi connectivity index (χ1) is 14.4. The van der Waals surface area contributed by atoms with Crippen LogP contribution >= 0.6 is 27.5 Å². The zero-order chi connectivity index (χ0) is 21.0. The van der Waals surface area contributed by atoms with Crippen LogP contribution in [0.25, 0.3) is 33.1 Å². The fourth-order valence-electron chi connectivity index (χ4n) is 3.98. The molecule has 0 amide bonds. The third kappa shape index (κ3) is 3.10. The molecule has 7 nitrogen and oxygen atoms in total. The maximum absolute atomic E-state index is 12.6. The highest BCUT2D eigenvalue weighted by Crippen LogP contribution is 2.39. The molecule has 3 aromatic heterocycles. The average Bonchev–Trinajstić information content (AvgIpc) is 3.19. The minimum atomic E-state index is -0.377. The molecule has 1 aromatic carbocycles. The van der Waals surface area contributed by atoms with E-state index in [2.05, 4.69) is 25.9 Å². The summed E-state index contributed by atoms with van der Waals surface area (Å²) in [5.74, 6) is 0. The first-order valence-corrected chi connectivity index (χ1v) is 10.9. The lowest BCUT2D eigenvalue weighted by atomic mass is 9.98. The smallest absolute Gasteiger partial charge is 0.273 e. The Labute approximate surface area is 185 Å². The number of ether oxygens (including phenoxy) is 1. The molecule has 0 spiro atoms. The molecule has 9 heteroatoms. The molecule has 4 heterocycles. The zero-order valence-electron chi connectivity index (χ0n) is 16.2. The predicted octanol–water partition coefficient (Wildman–Crippen LogP) is 4.95. The van der Waals surface area contributed by atoms with E-state index in [4.69, 9.17) is 27.2 Å². The molecule has 0 saturated carbocycles. The number of hydrogen-bond acceptors (Lipinski definition) is 5. The van der Waals surface area contributed by atoms with Crippen LogP contribution in [0.3, 0.4) is 0 Å². The lowest BCUT2D eigenvalue weighted by Crippen LogP contribution is -2.18. The standard InChI is InChI=1S/C21H19BrClN5O2/c1-10-14(22)8-12-17(18(24)21(29)26-20(12)25-10)11-5-6-15(23)19-13(11)9-28(27-19)16-4-2-3-7-30-16/h5-6,8-9,16H,2-4,7,24H2,1H3,(H,25,26,29). The van der Waals surface area contributed by atoms with Gasteiger partial charge in [0.25, 0.3) is 5.56 Å². The number of nitrogen functional groups attached to an aromatic ring is 1. The van der Waals surface area contributed by atoms with Crippen LogP contribution in [0.1, 0.15) is 31.2 Å². The molecule has 30 heavy (non-hydrogen) atoms. The van der Waals surface area contributed by atoms with E-state index in [1.165, 1.54) is 0 Å². The number of benzene rings is 1. The Morgan fingerprint density at radius 1 is 1.33 bits per heavy atom. The lowest BCUT2D eigenvalue weighted by molar-refractivity contribution is -0.0390. The molecule has 1 atom stereocenters. The second-order valence-corrected chi connectivity index (χ2v) is 8.74. The van der Waals surface area contributed by atoms with Crippen molar-refractivity contribution < 1.29 is 4.74 Å². The van der Waals surface area contributed by atoms with Gasteiger partial charge in [-0.25, -0.2) is 9.67 Å². The molecule has 0 aliphatic carbocycles. The van der Waals surface area contributed by atoms with Crippen molar-refractivity contribution in [3.63, 3.8) is 0 Å². The molecule has 1 saturated heterocycles. The van der Waals surface area contributed by atoms with Crippen molar-refractivity contribution in [1.82, 2.24) is 19.7 Å². The van der Waals surface area contributed by atoms with Gasteiger partial charge in [0.2, 0.25) is 0 Å². The highest BCUT2D eigenvalue weighted by molar-refractivity contribution is 9.10. The number of hydrogen-bond donors (Lipinski definition) is 2. The number of H-pyrrole nitrogens is 1. The number of rotatable bonds is 2. The van der Waals surface area contributed by atoms with Crippen LogP contribution in [-0.2, 0) is 4.74 Å². The number of halogens is 2. The number of fused-ring (bicyclic) bond motifs is 2. The van der Waals surface area contributed by atoms with Crippen molar-refractivity contribution in [3.8, 4) is 11.1 Å². The summed E-state index contributed by atoms with van der Waals surface area (Å²) < 4.78 is 8.54. The summed E-state index contributed by atoms with van der Waals surface area (Å²) in [7, 11) is 0. The van der Waals surface area contributed by atoms with Crippen LogP contribution in [0.15, 0.2) is 33.7 Å². The van der Waals surface area contributed by atoms with Gasteiger partial charge in [-0.15, -0.1) is 0 Å². The summed E-state index contributed by atoms with van der Waals surface area (Å²) in [6.45, 7) is 2.58. The van der Waals surface area contributed by atoms with Crippen LogP contribution in [0.2, 0.25) is 5.02 Å². The van der Waals surface area contributed by atoms with E-state index in [0.29, 0.717) is 28.4 Å². The van der Waals surface area contributed by atoms with Gasteiger partial charge in [-0.05, 0) is 59.8 Å². The second-order valence-electron chi connectivity index (χ2n) is 7.48. The number of anilines is 1. The van der Waals surface area contributed by atoms with Gasteiger partial charge in [0.05, 0.1) is 10.7 Å². The minimum absolute atomic E-state index is 0.123. The zero-order valence-corrected chi connectivity index (χ0v) is 18.5. The quantitative estimate of drug-likeness (QED) is 0.416. The van der Waals surface area contributed by atoms with E-state index in [0.717, 1.165) is 45.8 Å². The fraction of sp³-hybridized carbons (Fsp3) is 0.286. The Hall–Kier alpha value is -2.42. The van der Waals surface area contributed by atoms with Crippen molar-refractivity contribution in [3.05, 3.63) is 49.9 Å². The van der Waals surface area contributed by atoms with Gasteiger partial charge in [0.1, 0.15) is 23.1 Å². The number of aryl methyl sites for hydroxylation is 1. The predicted molar refractivity (Wildman–Crippen MR) is 122 cm³/mol. The molecule has 154 valence electrons. The summed E-state index contributed by atoms with van der Waals surface area (Å²) in [4.78, 5) is 19.9. The molecule has 1 aliphatic heterocycles. The molecule has 0 bridgehead atoms. The molecule has 1 fully saturated rings. The van der Waals surface area contributed by atoms with Crippen molar-refractivity contribution in [2.45, 2.75) is 32.4 Å². The van der Waals surface area contributed by atoms with Gasteiger partial charge in [0, 0.05) is 33.6 Å². The normalized spacial score (nSPS) is 17.1. The molecule has 0 radical (unpaired) electrons. The Morgan fingerprint density at radius 2 is 2.17 bits per heavy atom. The van der Waals surface area contributed by atoms with E-state index < -0.39 is 0 Å². The highest BCUT2D eigenvalue weighted by Gasteiger charge is 2.22. The summed E-state index contributed by atoms with van der Waals surface area (Å²) in [6.07, 6.45) is 4.84. The van der Waals surface area contributed by atoms with Gasteiger partial charge in [-0.2, -0.15) is 5.10 Å². The molecule has 1 aliphatic rings. The summed E-state index contributed by atoms with van der Waals surface area (Å²) in [5, 5.41) is 6.78. The fourth-order valence-corrected chi connectivity index (χ4v) is 4.50. The number of pyridine rings is 2. The van der Waals surface area contributed by atoms with Crippen LogP contribution in [0.5, 0.6) is 0 Å². The van der Waals surface area contributed by atoms with E-state index >= 15 is 0 Å². The number of aromatic amines is 1. The van der Waals surface area contributed by atoms with Gasteiger partial charge in [-0.1, -0.05) is 17.7 Å². The molecular weight excluding hydrogens is 470 g/mol. The molecule has 1 unspecified atom stereocenters. The Balaban J connectivity index is 1.81. The van der Waals surface area contributed by atoms with E-state index in [-0.39, 0.29) is 17.5 Å². The van der Waals surface area contributed by atoms with Gasteiger partial charge < -0.3 is 15.5 Å². The van der Waals surface area contributed by atoms with Crippen LogP contribution in [0, 0.1) is 6.92 Å². The maximum atomic E-state index is 12.6. The Morgan fingerprint density at radius 3 is 2.93 bits per heavy atom. The summed E-state index contributed by atoms with van der Waals surface area (Å²) in [5.41, 5.74) is 9.33. The van der Waals surface area contributed by atoms with Crippen molar-refractivity contribution >= 4 is 55.2 Å². The van der Waals surface area contributed by atoms with E-state index in [1.54, 1.807) is 6.07 Å². The van der Waals surface area contributed by atoms with Gasteiger partial charge in [0.15, 0.2) is 0 Å². The summed E-state index contributed by atoms with van der Waals surface area (Å²) in [6, 6.07) is 5.58. The minimum Gasteiger partial charge on any atom is -0.394 e. The van der Waals surface area contributed by atoms with Crippen LogP contribution in [-0.4, -0.2) is 26.4 Å². The third-order valence-corrected chi connectivity index (χ3v) is 6.64. The number of nitrogens with one attached hydrogen (secondary N) is 1. The van der Waals surface area contributed by atoms with Crippen molar-refractivity contribution in [1.29, 1.82) is 0 Å². The van der Waals surface area contributed by atoms with Gasteiger partial charge in [-0.3, -0.25) is 4.79 Å². The Bertz CT molecular complexity index is 1360. The first kappa shape index (κ1) is 19.5. The lowest BCUT2D eigenvalue weighted by Gasteiger charge is -2.22.